The Kier molecular flexibility index (Phi) is 5.16. The zero-order valence-electron chi connectivity index (χ0n) is 12.3. The maximum Gasteiger partial charge on any atom is 0.309 e. The van der Waals surface area contributed by atoms with E-state index in [9.17, 15) is 9.90 Å². The number of carboxylic acids is 1. The Hall–Kier alpha value is -1.38. The van der Waals surface area contributed by atoms with Gasteiger partial charge in [-0.15, -0.1) is 0 Å². The second-order valence-electron chi connectivity index (χ2n) is 6.18. The first-order chi connectivity index (χ1) is 9.66. The second kappa shape index (κ2) is 6.87. The zero-order chi connectivity index (χ0) is 14.4. The Morgan fingerprint density at radius 1 is 1.45 bits per heavy atom. The van der Waals surface area contributed by atoms with Gasteiger partial charge in [-0.25, -0.2) is 0 Å². The summed E-state index contributed by atoms with van der Waals surface area (Å²) >= 11 is 0. The monoisotopic (exact) mass is 275 g/mol. The fourth-order valence-corrected chi connectivity index (χ4v) is 3.43. The fourth-order valence-electron chi connectivity index (χ4n) is 3.43. The Bertz CT molecular complexity index is 422. The lowest BCUT2D eigenvalue weighted by Crippen LogP contribution is -2.36. The summed E-state index contributed by atoms with van der Waals surface area (Å²) in [7, 11) is 0. The SMILES string of the molecule is CCCC1CCC(CCc2cccnc2)(C(=O)O)CC1. The first-order valence-corrected chi connectivity index (χ1v) is 7.78. The summed E-state index contributed by atoms with van der Waals surface area (Å²) in [5.41, 5.74) is 0.642. The Morgan fingerprint density at radius 3 is 2.75 bits per heavy atom. The van der Waals surface area contributed by atoms with E-state index in [0.717, 1.165) is 50.0 Å². The van der Waals surface area contributed by atoms with Crippen molar-refractivity contribution in [3.8, 4) is 0 Å². The minimum absolute atomic E-state index is 0.500. The number of nitrogens with zero attached hydrogens (tertiary/aromatic N) is 1. The lowest BCUT2D eigenvalue weighted by Gasteiger charge is -2.37. The number of aromatic nitrogens is 1. The van der Waals surface area contributed by atoms with Gasteiger partial charge in [0.05, 0.1) is 5.41 Å². The highest BCUT2D eigenvalue weighted by Gasteiger charge is 2.41. The highest BCUT2D eigenvalue weighted by Crippen LogP contribution is 2.43. The lowest BCUT2D eigenvalue weighted by molar-refractivity contribution is -0.152. The van der Waals surface area contributed by atoms with Gasteiger partial charge < -0.3 is 5.11 Å². The van der Waals surface area contributed by atoms with Crippen LogP contribution in [0.1, 0.15) is 57.4 Å². The van der Waals surface area contributed by atoms with Crippen LogP contribution < -0.4 is 0 Å². The van der Waals surface area contributed by atoms with Gasteiger partial charge in [0, 0.05) is 12.4 Å². The third-order valence-corrected chi connectivity index (χ3v) is 4.83. The molecular weight excluding hydrogens is 250 g/mol. The number of aliphatic carboxylic acids is 1. The minimum atomic E-state index is -0.601. The number of hydrogen-bond acceptors (Lipinski definition) is 2. The van der Waals surface area contributed by atoms with Crippen molar-refractivity contribution < 1.29 is 9.90 Å². The normalized spacial score (nSPS) is 26.4. The number of hydrogen-bond donors (Lipinski definition) is 1. The lowest BCUT2D eigenvalue weighted by atomic mass is 9.67. The number of pyridine rings is 1. The molecule has 1 heterocycles. The van der Waals surface area contributed by atoms with E-state index in [1.54, 1.807) is 6.20 Å². The van der Waals surface area contributed by atoms with Gasteiger partial charge in [0.25, 0.3) is 0 Å². The first kappa shape index (κ1) is 15.0. The van der Waals surface area contributed by atoms with Crippen LogP contribution in [-0.2, 0) is 11.2 Å². The molecule has 110 valence electrons. The van der Waals surface area contributed by atoms with Gasteiger partial charge in [0.1, 0.15) is 0 Å². The molecule has 1 saturated carbocycles. The molecule has 0 saturated heterocycles. The van der Waals surface area contributed by atoms with Gasteiger partial charge in [-0.3, -0.25) is 9.78 Å². The summed E-state index contributed by atoms with van der Waals surface area (Å²) in [6.45, 7) is 2.21. The van der Waals surface area contributed by atoms with E-state index in [4.69, 9.17) is 0 Å². The maximum atomic E-state index is 11.7. The molecule has 3 nitrogen and oxygen atoms in total. The minimum Gasteiger partial charge on any atom is -0.481 e. The van der Waals surface area contributed by atoms with Crippen LogP contribution >= 0.6 is 0 Å². The molecular formula is C17H25NO2. The Balaban J connectivity index is 1.96. The molecule has 1 aromatic heterocycles. The predicted molar refractivity (Wildman–Crippen MR) is 79.5 cm³/mol. The maximum absolute atomic E-state index is 11.7. The van der Waals surface area contributed by atoms with Gasteiger partial charge >= 0.3 is 5.97 Å². The molecule has 0 spiro atoms. The molecule has 0 aliphatic heterocycles. The molecule has 2 rings (SSSR count). The highest BCUT2D eigenvalue weighted by atomic mass is 16.4. The Labute approximate surface area is 121 Å². The zero-order valence-corrected chi connectivity index (χ0v) is 12.3. The van der Waals surface area contributed by atoms with Crippen LogP contribution in [0.15, 0.2) is 24.5 Å². The molecule has 3 heteroatoms. The summed E-state index contributed by atoms with van der Waals surface area (Å²) in [6, 6.07) is 3.95. The van der Waals surface area contributed by atoms with E-state index in [1.807, 2.05) is 18.3 Å². The number of carbonyl (C=O) groups is 1. The molecule has 1 aromatic rings. The van der Waals surface area contributed by atoms with Gasteiger partial charge in [-0.1, -0.05) is 25.8 Å². The van der Waals surface area contributed by atoms with Crippen molar-refractivity contribution in [2.75, 3.05) is 0 Å². The van der Waals surface area contributed by atoms with Crippen LogP contribution in [0.2, 0.25) is 0 Å². The molecule has 0 bridgehead atoms. The van der Waals surface area contributed by atoms with Crippen LogP contribution in [0.5, 0.6) is 0 Å². The van der Waals surface area contributed by atoms with Gasteiger partial charge in [0.2, 0.25) is 0 Å². The number of rotatable bonds is 6. The van der Waals surface area contributed by atoms with E-state index >= 15 is 0 Å². The molecule has 1 fully saturated rings. The fraction of sp³-hybridized carbons (Fsp3) is 0.647. The third kappa shape index (κ3) is 3.59. The second-order valence-corrected chi connectivity index (χ2v) is 6.18. The topological polar surface area (TPSA) is 50.2 Å². The largest absolute Gasteiger partial charge is 0.481 e. The average molecular weight is 275 g/mol. The van der Waals surface area contributed by atoms with Crippen molar-refractivity contribution >= 4 is 5.97 Å². The summed E-state index contributed by atoms with van der Waals surface area (Å²) in [6.07, 6.45) is 11.5. The number of aryl methyl sites for hydroxylation is 1. The molecule has 0 unspecified atom stereocenters. The first-order valence-electron chi connectivity index (χ1n) is 7.78. The van der Waals surface area contributed by atoms with E-state index in [-0.39, 0.29) is 0 Å². The third-order valence-electron chi connectivity index (χ3n) is 4.83. The predicted octanol–water partition coefficient (Wildman–Crippen LogP) is 4.08. The molecule has 1 aliphatic rings. The smallest absolute Gasteiger partial charge is 0.309 e. The van der Waals surface area contributed by atoms with Crippen LogP contribution in [0.4, 0.5) is 0 Å². The quantitative estimate of drug-likeness (QED) is 0.851. The standard InChI is InChI=1S/C17H25NO2/c1-2-4-14-6-9-17(10-7-14,16(19)20)11-8-15-5-3-12-18-13-15/h3,5,12-14H,2,4,6-11H2,1H3,(H,19,20). The highest BCUT2D eigenvalue weighted by molar-refractivity contribution is 5.74. The van der Waals surface area contributed by atoms with Crippen LogP contribution in [0.3, 0.4) is 0 Å². The van der Waals surface area contributed by atoms with Gasteiger partial charge in [-0.05, 0) is 56.1 Å². The molecule has 0 amide bonds. The van der Waals surface area contributed by atoms with E-state index in [1.165, 1.54) is 12.8 Å². The van der Waals surface area contributed by atoms with Crippen molar-refractivity contribution in [1.82, 2.24) is 4.98 Å². The van der Waals surface area contributed by atoms with Crippen molar-refractivity contribution in [3.63, 3.8) is 0 Å². The summed E-state index contributed by atoms with van der Waals surface area (Å²) < 4.78 is 0. The van der Waals surface area contributed by atoms with Crippen molar-refractivity contribution in [2.45, 2.75) is 58.3 Å². The van der Waals surface area contributed by atoms with E-state index in [2.05, 4.69) is 11.9 Å². The van der Waals surface area contributed by atoms with Crippen molar-refractivity contribution in [2.24, 2.45) is 11.3 Å². The van der Waals surface area contributed by atoms with Gasteiger partial charge in [0.15, 0.2) is 0 Å². The molecule has 1 aliphatic carbocycles. The summed E-state index contributed by atoms with van der Waals surface area (Å²) in [5.74, 6) is 0.141. The summed E-state index contributed by atoms with van der Waals surface area (Å²) in [5, 5.41) is 9.67. The van der Waals surface area contributed by atoms with Crippen molar-refractivity contribution in [3.05, 3.63) is 30.1 Å². The molecule has 0 radical (unpaired) electrons. The molecule has 0 aromatic carbocycles. The Morgan fingerprint density at radius 2 is 2.20 bits per heavy atom. The van der Waals surface area contributed by atoms with E-state index in [0.29, 0.717) is 0 Å². The van der Waals surface area contributed by atoms with Crippen molar-refractivity contribution in [1.29, 1.82) is 0 Å². The molecule has 20 heavy (non-hydrogen) atoms. The van der Waals surface area contributed by atoms with E-state index < -0.39 is 11.4 Å². The van der Waals surface area contributed by atoms with Crippen LogP contribution in [0.25, 0.3) is 0 Å². The van der Waals surface area contributed by atoms with Crippen LogP contribution in [-0.4, -0.2) is 16.1 Å². The average Bonchev–Trinajstić information content (AvgIpc) is 2.48. The molecule has 1 N–H and O–H groups in total. The number of carboxylic acid groups (broad SMARTS) is 1. The summed E-state index contributed by atoms with van der Waals surface area (Å²) in [4.78, 5) is 15.9. The molecule has 0 atom stereocenters. The van der Waals surface area contributed by atoms with Gasteiger partial charge in [-0.2, -0.15) is 0 Å². The van der Waals surface area contributed by atoms with Crippen LogP contribution in [0, 0.1) is 11.3 Å².